The fourth-order valence-corrected chi connectivity index (χ4v) is 6.56. The van der Waals surface area contributed by atoms with Crippen LogP contribution >= 0.6 is 11.8 Å². The van der Waals surface area contributed by atoms with Crippen LogP contribution < -0.4 is 0 Å². The van der Waals surface area contributed by atoms with Crippen molar-refractivity contribution < 1.29 is 13.2 Å². The van der Waals surface area contributed by atoms with Crippen molar-refractivity contribution in [1.29, 1.82) is 0 Å². The number of rotatable bonds is 6. The van der Waals surface area contributed by atoms with Gasteiger partial charge < -0.3 is 4.57 Å². The van der Waals surface area contributed by atoms with E-state index in [1.807, 2.05) is 24.5 Å². The maximum atomic E-state index is 12.8. The summed E-state index contributed by atoms with van der Waals surface area (Å²) in [5.41, 5.74) is 6.35. The maximum absolute atomic E-state index is 12.8. The van der Waals surface area contributed by atoms with Crippen molar-refractivity contribution >= 4 is 27.4 Å². The van der Waals surface area contributed by atoms with Crippen LogP contribution in [0.3, 0.4) is 0 Å². The summed E-state index contributed by atoms with van der Waals surface area (Å²) in [5.74, 6) is 1.78. The fraction of sp³-hybridized carbons (Fsp3) is 0.476. The summed E-state index contributed by atoms with van der Waals surface area (Å²) in [6.07, 6.45) is 0.633. The molecule has 1 saturated heterocycles. The van der Waals surface area contributed by atoms with E-state index in [9.17, 15) is 13.2 Å². The van der Waals surface area contributed by atoms with Gasteiger partial charge in [0.1, 0.15) is 0 Å². The SMILES string of the molecule is Cc1ccc(C)c(CSCC(=O)c2cc(C)n(C3CCS(=O)(=O)C3)c2C)c1. The zero-order valence-electron chi connectivity index (χ0n) is 16.4. The molecule has 1 atom stereocenters. The number of benzene rings is 1. The van der Waals surface area contributed by atoms with E-state index in [0.29, 0.717) is 12.2 Å². The summed E-state index contributed by atoms with van der Waals surface area (Å²) in [5, 5.41) is 0. The van der Waals surface area contributed by atoms with Gasteiger partial charge >= 0.3 is 0 Å². The standard InChI is InChI=1S/C21H27NO3S2/c1-14-5-6-15(2)18(9-14)11-26-12-21(23)20-10-16(3)22(17(20)4)19-7-8-27(24,25)13-19/h5-6,9-10,19H,7-8,11-13H2,1-4H3. The Hall–Kier alpha value is -1.53. The van der Waals surface area contributed by atoms with Crippen LogP contribution in [0.2, 0.25) is 0 Å². The molecule has 1 aliphatic rings. The zero-order valence-corrected chi connectivity index (χ0v) is 18.0. The van der Waals surface area contributed by atoms with Crippen molar-refractivity contribution in [3.05, 3.63) is 57.9 Å². The van der Waals surface area contributed by atoms with Gasteiger partial charge in [-0.25, -0.2) is 8.42 Å². The topological polar surface area (TPSA) is 56.1 Å². The van der Waals surface area contributed by atoms with Crippen LogP contribution in [0.5, 0.6) is 0 Å². The molecule has 146 valence electrons. The lowest BCUT2D eigenvalue weighted by Crippen LogP contribution is -2.14. The Morgan fingerprint density at radius 3 is 2.59 bits per heavy atom. The fourth-order valence-electron chi connectivity index (χ4n) is 3.89. The minimum absolute atomic E-state index is 0.0425. The molecule has 2 aromatic rings. The third kappa shape index (κ3) is 4.49. The molecule has 0 spiro atoms. The largest absolute Gasteiger partial charge is 0.344 e. The van der Waals surface area contributed by atoms with Crippen LogP contribution in [0, 0.1) is 27.7 Å². The molecule has 0 aliphatic carbocycles. The molecule has 1 unspecified atom stereocenters. The van der Waals surface area contributed by atoms with E-state index < -0.39 is 9.84 Å². The molecule has 1 aromatic heterocycles. The van der Waals surface area contributed by atoms with Gasteiger partial charge in [0, 0.05) is 28.7 Å². The Morgan fingerprint density at radius 1 is 1.19 bits per heavy atom. The van der Waals surface area contributed by atoms with Crippen molar-refractivity contribution in [1.82, 2.24) is 4.57 Å². The molecule has 2 heterocycles. The summed E-state index contributed by atoms with van der Waals surface area (Å²) < 4.78 is 25.7. The van der Waals surface area contributed by atoms with Gasteiger partial charge in [0.05, 0.1) is 17.3 Å². The van der Waals surface area contributed by atoms with Crippen LogP contribution in [0.1, 0.15) is 50.9 Å². The van der Waals surface area contributed by atoms with E-state index in [1.165, 1.54) is 16.7 Å². The molecule has 1 aromatic carbocycles. The molecular weight excluding hydrogens is 378 g/mol. The van der Waals surface area contributed by atoms with Gasteiger partial charge in [-0.3, -0.25) is 4.79 Å². The van der Waals surface area contributed by atoms with E-state index in [1.54, 1.807) is 11.8 Å². The number of Topliss-reactive ketones (excluding diaryl/α,β-unsaturated/α-hetero) is 1. The van der Waals surface area contributed by atoms with Gasteiger partial charge in [0.25, 0.3) is 0 Å². The third-order valence-corrected chi connectivity index (χ3v) is 8.09. The second-order valence-electron chi connectivity index (χ2n) is 7.56. The minimum atomic E-state index is -2.95. The Bertz CT molecular complexity index is 974. The average molecular weight is 406 g/mol. The second-order valence-corrected chi connectivity index (χ2v) is 10.8. The normalized spacial score (nSPS) is 18.7. The highest BCUT2D eigenvalue weighted by molar-refractivity contribution is 7.99. The van der Waals surface area contributed by atoms with E-state index >= 15 is 0 Å². The van der Waals surface area contributed by atoms with E-state index in [-0.39, 0.29) is 23.3 Å². The predicted octanol–water partition coefficient (Wildman–Crippen LogP) is 4.20. The number of hydrogen-bond acceptors (Lipinski definition) is 4. The number of carbonyl (C=O) groups excluding carboxylic acids is 1. The van der Waals surface area contributed by atoms with Crippen molar-refractivity contribution in [2.45, 2.75) is 45.9 Å². The number of sulfone groups is 1. The molecule has 0 amide bonds. The Morgan fingerprint density at radius 2 is 1.93 bits per heavy atom. The molecule has 0 radical (unpaired) electrons. The minimum Gasteiger partial charge on any atom is -0.344 e. The molecule has 3 rings (SSSR count). The number of nitrogens with zero attached hydrogens (tertiary/aromatic N) is 1. The maximum Gasteiger partial charge on any atom is 0.174 e. The lowest BCUT2D eigenvalue weighted by molar-refractivity contribution is 0.102. The van der Waals surface area contributed by atoms with Crippen LogP contribution in [0.25, 0.3) is 0 Å². The quantitative estimate of drug-likeness (QED) is 0.676. The summed E-state index contributed by atoms with van der Waals surface area (Å²) in [4.78, 5) is 12.8. The molecule has 0 bridgehead atoms. The zero-order chi connectivity index (χ0) is 19.8. The summed E-state index contributed by atoms with van der Waals surface area (Å²) in [6, 6.07) is 8.28. The lowest BCUT2D eigenvalue weighted by Gasteiger charge is -2.16. The lowest BCUT2D eigenvalue weighted by atomic mass is 10.1. The van der Waals surface area contributed by atoms with Crippen molar-refractivity contribution in [3.8, 4) is 0 Å². The van der Waals surface area contributed by atoms with E-state index in [0.717, 1.165) is 22.7 Å². The summed E-state index contributed by atoms with van der Waals surface area (Å²) >= 11 is 1.63. The first-order valence-corrected chi connectivity index (χ1v) is 12.2. The Labute approximate surface area is 166 Å². The van der Waals surface area contributed by atoms with Crippen LogP contribution in [-0.4, -0.2) is 36.0 Å². The van der Waals surface area contributed by atoms with Gasteiger partial charge in [0.15, 0.2) is 15.6 Å². The molecule has 1 fully saturated rings. The molecule has 0 N–H and O–H groups in total. The highest BCUT2D eigenvalue weighted by Crippen LogP contribution is 2.30. The van der Waals surface area contributed by atoms with Gasteiger partial charge in [-0.05, 0) is 51.3 Å². The number of hydrogen-bond donors (Lipinski definition) is 0. The van der Waals surface area contributed by atoms with E-state index in [2.05, 4.69) is 32.0 Å². The van der Waals surface area contributed by atoms with E-state index in [4.69, 9.17) is 0 Å². The first-order chi connectivity index (χ1) is 12.7. The molecular formula is C21H27NO3S2. The highest BCUT2D eigenvalue weighted by atomic mass is 32.2. The Balaban J connectivity index is 1.69. The first kappa shape index (κ1) is 20.2. The van der Waals surface area contributed by atoms with Crippen LogP contribution in [0.15, 0.2) is 24.3 Å². The number of aryl methyl sites for hydroxylation is 3. The summed E-state index contributed by atoms with van der Waals surface area (Å²) in [6.45, 7) is 8.07. The highest BCUT2D eigenvalue weighted by Gasteiger charge is 2.31. The molecule has 27 heavy (non-hydrogen) atoms. The molecule has 4 nitrogen and oxygen atoms in total. The van der Waals surface area contributed by atoms with Crippen molar-refractivity contribution in [2.24, 2.45) is 0 Å². The number of ketones is 1. The third-order valence-electron chi connectivity index (χ3n) is 5.35. The van der Waals surface area contributed by atoms with Crippen LogP contribution in [0.4, 0.5) is 0 Å². The monoisotopic (exact) mass is 405 g/mol. The number of carbonyl (C=O) groups is 1. The average Bonchev–Trinajstić information content (AvgIpc) is 3.09. The first-order valence-electron chi connectivity index (χ1n) is 9.24. The molecule has 1 aliphatic heterocycles. The van der Waals surface area contributed by atoms with Gasteiger partial charge in [-0.1, -0.05) is 23.8 Å². The number of thioether (sulfide) groups is 1. The van der Waals surface area contributed by atoms with Gasteiger partial charge in [-0.2, -0.15) is 0 Å². The smallest absolute Gasteiger partial charge is 0.174 e. The van der Waals surface area contributed by atoms with Crippen molar-refractivity contribution in [2.75, 3.05) is 17.3 Å². The summed E-state index contributed by atoms with van der Waals surface area (Å²) in [7, 11) is -2.95. The van der Waals surface area contributed by atoms with Crippen LogP contribution in [-0.2, 0) is 15.6 Å². The predicted molar refractivity (Wildman–Crippen MR) is 113 cm³/mol. The number of aromatic nitrogens is 1. The van der Waals surface area contributed by atoms with Crippen molar-refractivity contribution in [3.63, 3.8) is 0 Å². The Kier molecular flexibility index (Phi) is 5.87. The molecule has 0 saturated carbocycles. The van der Waals surface area contributed by atoms with Gasteiger partial charge in [-0.15, -0.1) is 11.8 Å². The second kappa shape index (κ2) is 7.84. The van der Waals surface area contributed by atoms with Gasteiger partial charge in [0.2, 0.25) is 0 Å². The molecule has 6 heteroatoms.